The van der Waals surface area contributed by atoms with E-state index in [0.29, 0.717) is 17.2 Å². The summed E-state index contributed by atoms with van der Waals surface area (Å²) in [7, 11) is 0. The number of nitrogens with two attached hydrogens (primary N) is 1. The Kier molecular flexibility index (Phi) is 3.18. The molecule has 3 N–H and O–H groups in total. The maximum Gasteiger partial charge on any atom is 0.344 e. The van der Waals surface area contributed by atoms with Crippen molar-refractivity contribution in [1.29, 1.82) is 0 Å². The lowest BCUT2D eigenvalue weighted by atomic mass is 10.1. The number of hydrogen-bond acceptors (Lipinski definition) is 5. The maximum atomic E-state index is 11.5. The van der Waals surface area contributed by atoms with Crippen molar-refractivity contribution >= 4 is 35.4 Å². The van der Waals surface area contributed by atoms with E-state index in [1.165, 1.54) is 23.5 Å². The summed E-state index contributed by atoms with van der Waals surface area (Å²) in [5, 5.41) is 9.35. The van der Waals surface area contributed by atoms with Gasteiger partial charge in [-0.2, -0.15) is 0 Å². The van der Waals surface area contributed by atoms with Gasteiger partial charge < -0.3 is 15.7 Å². The Hall–Kier alpha value is -0.660. The molecule has 1 fully saturated rings. The van der Waals surface area contributed by atoms with Gasteiger partial charge in [0.15, 0.2) is 0 Å². The number of carbonyl (C=O) groups excluding carboxylic acids is 1. The number of aliphatic carboxylic acids is 1. The van der Waals surface area contributed by atoms with Crippen LogP contribution in [0.15, 0.2) is 9.93 Å². The SMILES string of the molecule is CC(N)SC1=C(C(=O)O)SCC2CC(=O)N12. The monoisotopic (exact) mass is 260 g/mol. The first-order valence-corrected chi connectivity index (χ1v) is 6.72. The molecule has 2 heterocycles. The zero-order valence-corrected chi connectivity index (χ0v) is 10.3. The van der Waals surface area contributed by atoms with Gasteiger partial charge in [0.1, 0.15) is 9.93 Å². The van der Waals surface area contributed by atoms with Crippen LogP contribution in [0, 0.1) is 0 Å². The Bertz CT molecular complexity index is 381. The van der Waals surface area contributed by atoms with Gasteiger partial charge in [0.2, 0.25) is 5.91 Å². The molecule has 0 saturated carbocycles. The Morgan fingerprint density at radius 3 is 2.94 bits per heavy atom. The van der Waals surface area contributed by atoms with Crippen molar-refractivity contribution in [3.05, 3.63) is 9.93 Å². The highest BCUT2D eigenvalue weighted by molar-refractivity contribution is 8.07. The predicted octanol–water partition coefficient (Wildman–Crippen LogP) is 0.626. The summed E-state index contributed by atoms with van der Waals surface area (Å²) >= 11 is 2.54. The highest BCUT2D eigenvalue weighted by atomic mass is 32.2. The van der Waals surface area contributed by atoms with E-state index in [1.54, 1.807) is 11.8 Å². The Balaban J connectivity index is 2.32. The van der Waals surface area contributed by atoms with E-state index in [1.807, 2.05) is 0 Å². The van der Waals surface area contributed by atoms with Crippen LogP contribution in [0.3, 0.4) is 0 Å². The molecule has 0 aromatic rings. The third-order valence-electron chi connectivity index (χ3n) is 2.37. The second kappa shape index (κ2) is 4.31. The van der Waals surface area contributed by atoms with E-state index >= 15 is 0 Å². The molecule has 7 heteroatoms. The fourth-order valence-corrected chi connectivity index (χ4v) is 3.89. The van der Waals surface area contributed by atoms with E-state index in [-0.39, 0.29) is 22.2 Å². The summed E-state index contributed by atoms with van der Waals surface area (Å²) in [4.78, 5) is 24.3. The minimum absolute atomic E-state index is 0.00722. The molecule has 0 bridgehead atoms. The van der Waals surface area contributed by atoms with Gasteiger partial charge in [-0.25, -0.2) is 4.79 Å². The van der Waals surface area contributed by atoms with Crippen molar-refractivity contribution in [3.8, 4) is 0 Å². The third kappa shape index (κ3) is 1.94. The fraction of sp³-hybridized carbons (Fsp3) is 0.556. The Morgan fingerprint density at radius 1 is 1.75 bits per heavy atom. The third-order valence-corrected chi connectivity index (χ3v) is 4.70. The van der Waals surface area contributed by atoms with Crippen LogP contribution in [-0.2, 0) is 9.59 Å². The van der Waals surface area contributed by atoms with E-state index in [0.717, 1.165) is 0 Å². The number of nitrogens with zero attached hydrogens (tertiary/aromatic N) is 1. The molecule has 5 nitrogen and oxygen atoms in total. The van der Waals surface area contributed by atoms with Crippen LogP contribution < -0.4 is 5.73 Å². The number of thioether (sulfide) groups is 2. The lowest BCUT2D eigenvalue weighted by Gasteiger charge is -2.44. The molecule has 0 spiro atoms. The Morgan fingerprint density at radius 2 is 2.44 bits per heavy atom. The molecule has 2 rings (SSSR count). The van der Waals surface area contributed by atoms with Crippen LogP contribution in [0.1, 0.15) is 13.3 Å². The predicted molar refractivity (Wildman–Crippen MR) is 63.6 cm³/mol. The number of amides is 1. The van der Waals surface area contributed by atoms with Crippen LogP contribution >= 0.6 is 23.5 Å². The molecule has 0 radical (unpaired) electrons. The zero-order chi connectivity index (χ0) is 11.9. The number of rotatable bonds is 3. The summed E-state index contributed by atoms with van der Waals surface area (Å²) in [5.74, 6) is -0.324. The minimum atomic E-state index is -0.980. The molecule has 2 atom stereocenters. The van der Waals surface area contributed by atoms with Crippen LogP contribution in [0.5, 0.6) is 0 Å². The van der Waals surface area contributed by atoms with Gasteiger partial charge in [0, 0.05) is 12.2 Å². The molecule has 0 aliphatic carbocycles. The normalized spacial score (nSPS) is 26.2. The Labute approximate surface area is 101 Å². The van der Waals surface area contributed by atoms with Crippen LogP contribution in [0.25, 0.3) is 0 Å². The quantitative estimate of drug-likeness (QED) is 0.572. The molecular weight excluding hydrogens is 248 g/mol. The van der Waals surface area contributed by atoms with E-state index < -0.39 is 5.97 Å². The van der Waals surface area contributed by atoms with Crippen molar-refractivity contribution in [1.82, 2.24) is 4.90 Å². The van der Waals surface area contributed by atoms with Crippen molar-refractivity contribution in [3.63, 3.8) is 0 Å². The standard InChI is InChI=1S/C9H12N2O3S2/c1-4(10)16-8-7(9(13)14)15-3-5-2-6(12)11(5)8/h4-5H,2-3,10H2,1H3,(H,13,14). The van der Waals surface area contributed by atoms with Crippen molar-refractivity contribution in [2.24, 2.45) is 5.73 Å². The highest BCUT2D eigenvalue weighted by Gasteiger charge is 2.44. The lowest BCUT2D eigenvalue weighted by molar-refractivity contribution is -0.140. The molecule has 1 amide bonds. The molecular formula is C9H12N2O3S2. The molecule has 0 aromatic carbocycles. The molecule has 2 unspecified atom stereocenters. The van der Waals surface area contributed by atoms with Gasteiger partial charge in [-0.1, -0.05) is 11.8 Å². The molecule has 2 aliphatic rings. The van der Waals surface area contributed by atoms with Gasteiger partial charge in [0.25, 0.3) is 0 Å². The number of fused-ring (bicyclic) bond motifs is 1. The second-order valence-electron chi connectivity index (χ2n) is 3.70. The average Bonchev–Trinajstić information content (AvgIpc) is 2.14. The van der Waals surface area contributed by atoms with Gasteiger partial charge in [-0.15, -0.1) is 11.8 Å². The number of β-lactam (4-membered cyclic amide) rings is 1. The molecule has 16 heavy (non-hydrogen) atoms. The largest absolute Gasteiger partial charge is 0.477 e. The highest BCUT2D eigenvalue weighted by Crippen LogP contribution is 2.43. The number of carboxylic acid groups (broad SMARTS) is 1. The summed E-state index contributed by atoms with van der Waals surface area (Å²) in [6.07, 6.45) is 0.517. The maximum absolute atomic E-state index is 11.5. The average molecular weight is 260 g/mol. The van der Waals surface area contributed by atoms with Crippen LogP contribution in [0.4, 0.5) is 0 Å². The molecule has 1 saturated heterocycles. The van der Waals surface area contributed by atoms with E-state index in [2.05, 4.69) is 0 Å². The summed E-state index contributed by atoms with van der Waals surface area (Å²) in [6, 6.07) is 0.154. The summed E-state index contributed by atoms with van der Waals surface area (Å²) < 4.78 is 0. The van der Waals surface area contributed by atoms with Gasteiger partial charge in [-0.3, -0.25) is 4.79 Å². The van der Waals surface area contributed by atoms with Crippen LogP contribution in [0.2, 0.25) is 0 Å². The van der Waals surface area contributed by atoms with Gasteiger partial charge in [-0.05, 0) is 6.92 Å². The van der Waals surface area contributed by atoms with Crippen LogP contribution in [-0.4, -0.2) is 39.1 Å². The number of carbonyl (C=O) groups is 2. The fourth-order valence-electron chi connectivity index (χ4n) is 1.69. The first kappa shape index (κ1) is 11.8. The van der Waals surface area contributed by atoms with Crippen molar-refractivity contribution in [2.75, 3.05) is 5.75 Å². The minimum Gasteiger partial charge on any atom is -0.477 e. The van der Waals surface area contributed by atoms with Gasteiger partial charge >= 0.3 is 5.97 Å². The molecule has 88 valence electrons. The lowest BCUT2D eigenvalue weighted by Crippen LogP contribution is -2.55. The van der Waals surface area contributed by atoms with E-state index in [4.69, 9.17) is 10.8 Å². The smallest absolute Gasteiger partial charge is 0.344 e. The van der Waals surface area contributed by atoms with Gasteiger partial charge in [0.05, 0.1) is 11.4 Å². The first-order valence-electron chi connectivity index (χ1n) is 4.85. The second-order valence-corrected chi connectivity index (χ2v) is 6.09. The van der Waals surface area contributed by atoms with Crippen molar-refractivity contribution < 1.29 is 14.7 Å². The van der Waals surface area contributed by atoms with E-state index in [9.17, 15) is 9.59 Å². The molecule has 0 aromatic heterocycles. The summed E-state index contributed by atoms with van der Waals surface area (Å²) in [5.41, 5.74) is 5.65. The first-order chi connectivity index (χ1) is 7.50. The zero-order valence-electron chi connectivity index (χ0n) is 8.67. The topological polar surface area (TPSA) is 83.6 Å². The number of hydrogen-bond donors (Lipinski definition) is 2. The van der Waals surface area contributed by atoms with Crippen molar-refractivity contribution in [2.45, 2.75) is 24.8 Å². The summed E-state index contributed by atoms with van der Waals surface area (Å²) in [6.45, 7) is 1.77. The molecule has 2 aliphatic heterocycles. The number of carboxylic acids is 1.